The molecule has 1 aliphatic heterocycles. The summed E-state index contributed by atoms with van der Waals surface area (Å²) >= 11 is 0. The summed E-state index contributed by atoms with van der Waals surface area (Å²) in [5.74, 6) is -3.84. The van der Waals surface area contributed by atoms with Gasteiger partial charge in [-0.05, 0) is 0 Å². The topological polar surface area (TPSA) is 322 Å². The minimum atomic E-state index is -5.54. The van der Waals surface area contributed by atoms with Crippen LogP contribution in [-0.4, -0.2) is 111 Å². The molecule has 0 aliphatic carbocycles. The summed E-state index contributed by atoms with van der Waals surface area (Å²) in [6.45, 7) is -2.33. The predicted octanol–water partition coefficient (Wildman–Crippen LogP) is -5.42. The summed E-state index contributed by atoms with van der Waals surface area (Å²) in [6, 6.07) is 0.825. The zero-order valence-electron chi connectivity index (χ0n) is 18.1. The van der Waals surface area contributed by atoms with E-state index < -0.39 is 94.7 Å². The number of Topliss-reactive ketones (excluding diaryl/α,β-unsaturated/α-hetero) is 1. The maximum absolute atomic E-state index is 12.2. The first-order valence-electron chi connectivity index (χ1n) is 9.76. The highest BCUT2D eigenvalue weighted by atomic mass is 31.3. The molecule has 0 aromatic carbocycles. The van der Waals surface area contributed by atoms with E-state index in [-0.39, 0.29) is 0 Å². The van der Waals surface area contributed by atoms with Crippen molar-refractivity contribution in [1.29, 1.82) is 0 Å². The Balaban J connectivity index is 2.30. The van der Waals surface area contributed by atoms with Crippen LogP contribution in [-0.2, 0) is 37.0 Å². The normalized spacial score (nSPS) is 26.2. The van der Waals surface area contributed by atoms with Crippen molar-refractivity contribution in [3.8, 4) is 0 Å². The minimum absolute atomic E-state index is 0.579. The van der Waals surface area contributed by atoms with E-state index in [4.69, 9.17) is 24.4 Å². The van der Waals surface area contributed by atoms with Gasteiger partial charge in [0.05, 0.1) is 13.2 Å². The van der Waals surface area contributed by atoms with Gasteiger partial charge in [-0.15, -0.1) is 0 Å². The first-order valence-corrected chi connectivity index (χ1v) is 12.8. The number of aromatic amines is 1. The Morgan fingerprint density at radius 2 is 1.78 bits per heavy atom. The second kappa shape index (κ2) is 12.1. The number of phosphoric acid groups is 2. The smallest absolute Gasteiger partial charge is 0.451 e. The molecule has 2 heterocycles. The van der Waals surface area contributed by atoms with Crippen molar-refractivity contribution in [3.05, 3.63) is 33.1 Å². The van der Waals surface area contributed by atoms with Gasteiger partial charge in [0.25, 0.3) is 11.3 Å². The van der Waals surface area contributed by atoms with Crippen molar-refractivity contribution >= 4 is 27.4 Å². The van der Waals surface area contributed by atoms with Crippen molar-refractivity contribution in [2.75, 3.05) is 13.2 Å². The molecule has 22 heteroatoms. The number of hydrogen-bond acceptors (Lipinski definition) is 15. The molecule has 37 heavy (non-hydrogen) atoms. The number of ketones is 1. The molecule has 1 fully saturated rings. The Morgan fingerprint density at radius 1 is 1.16 bits per heavy atom. The molecular formula is C15H22N2O18P2. The highest BCUT2D eigenvalue weighted by Crippen LogP contribution is 2.57. The second-order valence-corrected chi connectivity index (χ2v) is 10.2. The minimum Gasteiger partial charge on any atom is -0.451 e. The Bertz CT molecular complexity index is 1190. The number of aromatic nitrogens is 2. The van der Waals surface area contributed by atoms with E-state index in [1.54, 1.807) is 0 Å². The maximum Gasteiger partial charge on any atom is 0.481 e. The fraction of sp³-hybridized carbons (Fsp3) is 0.600. The Hall–Kier alpha value is -2.16. The van der Waals surface area contributed by atoms with Crippen LogP contribution >= 0.6 is 15.6 Å². The molecule has 0 amide bonds. The number of nitrogens with one attached hydrogen (secondary N) is 1. The molecule has 1 saturated heterocycles. The van der Waals surface area contributed by atoms with Gasteiger partial charge in [0.15, 0.2) is 18.4 Å². The van der Waals surface area contributed by atoms with Gasteiger partial charge in [0.2, 0.25) is 0 Å². The zero-order chi connectivity index (χ0) is 28.3. The van der Waals surface area contributed by atoms with E-state index in [9.17, 15) is 53.6 Å². The molecule has 2 rings (SSSR count). The van der Waals surface area contributed by atoms with Crippen LogP contribution in [0.1, 0.15) is 6.23 Å². The van der Waals surface area contributed by atoms with E-state index in [0.29, 0.717) is 4.57 Å². The number of carbonyl (C=O) groups is 2. The average Bonchev–Trinajstić information content (AvgIpc) is 3.09. The van der Waals surface area contributed by atoms with Crippen molar-refractivity contribution in [3.63, 3.8) is 0 Å². The number of esters is 1. The Kier molecular flexibility index (Phi) is 10.2. The van der Waals surface area contributed by atoms with Gasteiger partial charge in [-0.1, -0.05) is 0 Å². The molecule has 0 spiro atoms. The lowest BCUT2D eigenvalue weighted by molar-refractivity contribution is -0.171. The number of nitrogens with zero attached hydrogens (tertiary/aromatic N) is 1. The maximum atomic E-state index is 12.2. The Labute approximate surface area is 204 Å². The Morgan fingerprint density at radius 3 is 2.32 bits per heavy atom. The van der Waals surface area contributed by atoms with Gasteiger partial charge < -0.3 is 49.7 Å². The number of carbonyl (C=O) groups excluding carboxylic acids is 2. The monoisotopic (exact) mass is 580 g/mol. The third-order valence-electron chi connectivity index (χ3n) is 4.66. The lowest BCUT2D eigenvalue weighted by Crippen LogP contribution is -2.48. The van der Waals surface area contributed by atoms with Crippen LogP contribution in [0.25, 0.3) is 0 Å². The highest BCUT2D eigenvalue weighted by molar-refractivity contribution is 7.60. The summed E-state index contributed by atoms with van der Waals surface area (Å²) in [4.78, 5) is 76.3. The van der Waals surface area contributed by atoms with Gasteiger partial charge >= 0.3 is 27.3 Å². The molecule has 8 atom stereocenters. The fourth-order valence-electron chi connectivity index (χ4n) is 2.96. The van der Waals surface area contributed by atoms with Gasteiger partial charge in [-0.2, -0.15) is 4.31 Å². The number of H-pyrrole nitrogens is 1. The molecule has 0 radical (unpaired) electrons. The van der Waals surface area contributed by atoms with Crippen molar-refractivity contribution in [2.45, 2.75) is 42.9 Å². The van der Waals surface area contributed by atoms with Gasteiger partial charge in [0, 0.05) is 12.3 Å². The molecule has 0 bridgehead atoms. The first-order chi connectivity index (χ1) is 17.0. The molecule has 1 aromatic rings. The molecule has 1 unspecified atom stereocenters. The standard InChI is InChI=1S/C15H22N2O18P2/c18-3-5(19)8(21)9(22)10(23)14(25)34-12-6(4-32-37(30,31)35-36(27,28)29)33-13(11(12)24)17-2-1-7(20)16-15(17)26/h1-2,5-6,8-9,11-13,18-19,21-22,24H,3-4H2,(H,30,31)(H,16,20,26)(H2,27,28,29)/t5-,6+,8+,9-,11+,12+,13+/m0/s1. The zero-order valence-corrected chi connectivity index (χ0v) is 19.9. The number of phosphoric ester groups is 1. The fourth-order valence-corrected chi connectivity index (χ4v) is 4.56. The average molecular weight is 580 g/mol. The van der Waals surface area contributed by atoms with Gasteiger partial charge in [-0.25, -0.2) is 18.7 Å². The lowest BCUT2D eigenvalue weighted by Gasteiger charge is -2.23. The molecule has 210 valence electrons. The summed E-state index contributed by atoms with van der Waals surface area (Å²) < 4.78 is 41.1. The number of aliphatic hydroxyl groups excluding tert-OH is 5. The summed E-state index contributed by atoms with van der Waals surface area (Å²) in [6.07, 6.45) is -14.0. The predicted molar refractivity (Wildman–Crippen MR) is 110 cm³/mol. The number of rotatable bonds is 12. The van der Waals surface area contributed by atoms with Crippen LogP contribution in [0.4, 0.5) is 0 Å². The van der Waals surface area contributed by atoms with Crippen LogP contribution in [0.15, 0.2) is 21.9 Å². The lowest BCUT2D eigenvalue weighted by atomic mass is 10.0. The van der Waals surface area contributed by atoms with Crippen molar-refractivity contribution in [1.82, 2.24) is 9.55 Å². The van der Waals surface area contributed by atoms with E-state index in [2.05, 4.69) is 8.83 Å². The van der Waals surface area contributed by atoms with E-state index >= 15 is 0 Å². The van der Waals surface area contributed by atoms with E-state index in [1.165, 1.54) is 0 Å². The van der Waals surface area contributed by atoms with E-state index in [1.807, 2.05) is 4.98 Å². The summed E-state index contributed by atoms with van der Waals surface area (Å²) in [5, 5.41) is 48.0. The molecule has 0 saturated carbocycles. The van der Waals surface area contributed by atoms with E-state index in [0.717, 1.165) is 12.3 Å². The molecule has 9 N–H and O–H groups in total. The second-order valence-electron chi connectivity index (χ2n) is 7.33. The van der Waals surface area contributed by atoms with Gasteiger partial charge in [0.1, 0.15) is 24.4 Å². The van der Waals surface area contributed by atoms with Crippen LogP contribution in [0.2, 0.25) is 0 Å². The molecule has 1 aromatic heterocycles. The van der Waals surface area contributed by atoms with Crippen LogP contribution in [0.5, 0.6) is 0 Å². The van der Waals surface area contributed by atoms with Crippen LogP contribution < -0.4 is 11.2 Å². The van der Waals surface area contributed by atoms with Gasteiger partial charge in [-0.3, -0.25) is 23.7 Å². The number of hydrogen-bond donors (Lipinski definition) is 9. The number of ether oxygens (including phenoxy) is 2. The SMILES string of the molecule is O=C(O[C@H]1[C@@H](O)[C@H](n2ccc(=O)[nH]c2=O)O[C@@H]1COP(=O)(O)OP(=O)(O)O)C(=O)[C@@H](O)[C@H](O)[C@@H](O)CO. The third kappa shape index (κ3) is 8.16. The highest BCUT2D eigenvalue weighted by Gasteiger charge is 2.50. The quantitative estimate of drug-likeness (QED) is 0.0632. The summed E-state index contributed by atoms with van der Waals surface area (Å²) in [7, 11) is -11.0. The van der Waals surface area contributed by atoms with Crippen LogP contribution in [0, 0.1) is 0 Å². The van der Waals surface area contributed by atoms with Crippen molar-refractivity contribution in [2.24, 2.45) is 0 Å². The first kappa shape index (κ1) is 31.1. The molecule has 1 aliphatic rings. The third-order valence-corrected chi connectivity index (χ3v) is 6.82. The van der Waals surface area contributed by atoms with Crippen LogP contribution in [0.3, 0.4) is 0 Å². The summed E-state index contributed by atoms with van der Waals surface area (Å²) in [5.41, 5.74) is -2.00. The molecular weight excluding hydrogens is 558 g/mol. The number of aliphatic hydroxyl groups is 5. The van der Waals surface area contributed by atoms with Crippen molar-refractivity contribution < 1.29 is 77.2 Å². The molecule has 20 nitrogen and oxygen atoms in total. The largest absolute Gasteiger partial charge is 0.481 e.